The first-order chi connectivity index (χ1) is 14.2. The maximum Gasteiger partial charge on any atom is 0.222 e. The predicted octanol–water partition coefficient (Wildman–Crippen LogP) is 6.06. The molecule has 2 atom stereocenters. The molecule has 0 aliphatic carbocycles. The highest BCUT2D eigenvalue weighted by molar-refractivity contribution is 5.88. The molecule has 2 aromatic rings. The third-order valence-electron chi connectivity index (χ3n) is 5.51. The molecule has 1 aromatic carbocycles. The first kappa shape index (κ1) is 23.6. The highest BCUT2D eigenvalue weighted by Gasteiger charge is 2.28. The van der Waals surface area contributed by atoms with Gasteiger partial charge in [-0.05, 0) is 61.8 Å². The maximum absolute atomic E-state index is 11.7. The van der Waals surface area contributed by atoms with E-state index < -0.39 is 0 Å². The molecule has 1 N–H and O–H groups in total. The number of benzene rings is 1. The Labute approximate surface area is 181 Å². The second-order valence-electron chi connectivity index (χ2n) is 8.77. The number of aromatic nitrogens is 2. The van der Waals surface area contributed by atoms with E-state index in [1.54, 1.807) is 13.3 Å². The Hall–Kier alpha value is -2.69. The first-order valence-electron chi connectivity index (χ1n) is 10.6. The largest absolute Gasteiger partial charge is 0.497 e. The van der Waals surface area contributed by atoms with E-state index in [0.29, 0.717) is 11.7 Å². The summed E-state index contributed by atoms with van der Waals surface area (Å²) in [5.74, 6) is 1.74. The molecule has 0 saturated carbocycles. The Morgan fingerprint density at radius 3 is 2.47 bits per heavy atom. The van der Waals surface area contributed by atoms with Gasteiger partial charge in [-0.2, -0.15) is 0 Å². The average Bonchev–Trinajstić information content (AvgIpc) is 2.68. The summed E-state index contributed by atoms with van der Waals surface area (Å²) < 4.78 is 5.25. The Morgan fingerprint density at radius 1 is 1.27 bits per heavy atom. The quantitative estimate of drug-likeness (QED) is 0.484. The van der Waals surface area contributed by atoms with Crippen molar-refractivity contribution in [3.05, 3.63) is 48.3 Å². The molecule has 0 saturated heterocycles. The molecule has 2 rings (SSSR count). The Balaban J connectivity index is 2.37. The van der Waals surface area contributed by atoms with Crippen LogP contribution in [0.15, 0.2) is 42.6 Å². The van der Waals surface area contributed by atoms with Crippen molar-refractivity contribution in [2.75, 3.05) is 12.4 Å². The van der Waals surface area contributed by atoms with Gasteiger partial charge in [0, 0.05) is 12.5 Å². The van der Waals surface area contributed by atoms with E-state index in [1.807, 2.05) is 24.3 Å². The number of nitrogens with one attached hydrogen (secondary N) is 1. The minimum atomic E-state index is -0.142. The van der Waals surface area contributed by atoms with Crippen molar-refractivity contribution in [3.63, 3.8) is 0 Å². The van der Waals surface area contributed by atoms with E-state index >= 15 is 0 Å². The van der Waals surface area contributed by atoms with Crippen molar-refractivity contribution in [3.8, 4) is 17.0 Å². The normalized spacial score (nSPS) is 13.9. The second-order valence-corrected chi connectivity index (χ2v) is 8.77. The zero-order chi connectivity index (χ0) is 22.3. The van der Waals surface area contributed by atoms with Crippen LogP contribution in [0.5, 0.6) is 5.75 Å². The Bertz CT molecular complexity index is 876. The fourth-order valence-electron chi connectivity index (χ4n) is 3.98. The molecular weight excluding hydrogens is 374 g/mol. The van der Waals surface area contributed by atoms with Gasteiger partial charge in [-0.15, -0.1) is 6.58 Å². The third-order valence-corrected chi connectivity index (χ3v) is 5.51. The lowest BCUT2D eigenvalue weighted by Crippen LogP contribution is -2.24. The smallest absolute Gasteiger partial charge is 0.222 e. The van der Waals surface area contributed by atoms with Crippen LogP contribution in [0, 0.1) is 11.3 Å². The summed E-state index contributed by atoms with van der Waals surface area (Å²) in [6, 6.07) is 7.76. The summed E-state index contributed by atoms with van der Waals surface area (Å²) in [7, 11) is 1.65. The van der Waals surface area contributed by atoms with Gasteiger partial charge < -0.3 is 10.1 Å². The van der Waals surface area contributed by atoms with Crippen molar-refractivity contribution in [2.45, 2.75) is 60.3 Å². The van der Waals surface area contributed by atoms with Crippen LogP contribution in [0.4, 0.5) is 5.82 Å². The number of anilines is 1. The van der Waals surface area contributed by atoms with Gasteiger partial charge in [-0.1, -0.05) is 32.8 Å². The van der Waals surface area contributed by atoms with E-state index in [-0.39, 0.29) is 11.3 Å². The van der Waals surface area contributed by atoms with Crippen LogP contribution in [-0.4, -0.2) is 23.0 Å². The van der Waals surface area contributed by atoms with E-state index in [0.717, 1.165) is 48.4 Å². The van der Waals surface area contributed by atoms with Crippen molar-refractivity contribution < 1.29 is 9.53 Å². The molecule has 2 unspecified atom stereocenters. The van der Waals surface area contributed by atoms with Gasteiger partial charge >= 0.3 is 0 Å². The van der Waals surface area contributed by atoms with Gasteiger partial charge in [0.2, 0.25) is 5.91 Å². The zero-order valence-corrected chi connectivity index (χ0v) is 19.2. The summed E-state index contributed by atoms with van der Waals surface area (Å²) >= 11 is 0. The summed E-state index contributed by atoms with van der Waals surface area (Å²) in [6.45, 7) is 14.4. The number of hydrogen-bond acceptors (Lipinski definition) is 4. The number of hydrogen-bond donors (Lipinski definition) is 1. The lowest BCUT2D eigenvalue weighted by Gasteiger charge is -2.32. The SMILES string of the molecule is C=C(C)CC(C)CC(C)(CC)Cc1nc(-c2ccc(OC)cc2)cnc1NC(C)=O. The summed E-state index contributed by atoms with van der Waals surface area (Å²) in [6.07, 6.45) is 5.55. The highest BCUT2D eigenvalue weighted by atomic mass is 16.5. The first-order valence-corrected chi connectivity index (χ1v) is 10.6. The van der Waals surface area contributed by atoms with Crippen molar-refractivity contribution in [1.29, 1.82) is 0 Å². The minimum absolute atomic E-state index is 0.0509. The molecule has 0 bridgehead atoms. The van der Waals surface area contributed by atoms with Gasteiger partial charge in [0.25, 0.3) is 0 Å². The van der Waals surface area contributed by atoms with E-state index in [2.05, 4.69) is 44.6 Å². The molecule has 0 spiro atoms. The number of nitrogens with zero attached hydrogens (tertiary/aromatic N) is 2. The number of carbonyl (C=O) groups is 1. The second kappa shape index (κ2) is 10.4. The van der Waals surface area contributed by atoms with Gasteiger partial charge in [0.05, 0.1) is 24.7 Å². The number of amides is 1. The van der Waals surface area contributed by atoms with Crippen LogP contribution in [0.2, 0.25) is 0 Å². The van der Waals surface area contributed by atoms with E-state index in [1.165, 1.54) is 12.5 Å². The summed E-state index contributed by atoms with van der Waals surface area (Å²) in [4.78, 5) is 21.2. The Morgan fingerprint density at radius 2 is 1.93 bits per heavy atom. The van der Waals surface area contributed by atoms with Crippen LogP contribution in [0.1, 0.15) is 59.6 Å². The number of rotatable bonds is 10. The molecule has 30 heavy (non-hydrogen) atoms. The summed E-state index contributed by atoms with van der Waals surface area (Å²) in [5, 5.41) is 2.86. The van der Waals surface area contributed by atoms with Crippen molar-refractivity contribution >= 4 is 11.7 Å². The fourth-order valence-corrected chi connectivity index (χ4v) is 3.98. The van der Waals surface area contributed by atoms with Gasteiger partial charge in [-0.3, -0.25) is 4.79 Å². The van der Waals surface area contributed by atoms with Gasteiger partial charge in [0.15, 0.2) is 5.82 Å². The molecule has 0 aliphatic heterocycles. The van der Waals surface area contributed by atoms with Crippen LogP contribution < -0.4 is 10.1 Å². The molecule has 1 amide bonds. The fraction of sp³-hybridized carbons (Fsp3) is 0.480. The molecule has 5 nitrogen and oxygen atoms in total. The van der Waals surface area contributed by atoms with Gasteiger partial charge in [0.1, 0.15) is 5.75 Å². The Kier molecular flexibility index (Phi) is 8.16. The number of ether oxygens (including phenoxy) is 1. The van der Waals surface area contributed by atoms with Crippen LogP contribution in [0.3, 0.4) is 0 Å². The lowest BCUT2D eigenvalue weighted by atomic mass is 9.74. The van der Waals surface area contributed by atoms with Crippen LogP contribution >= 0.6 is 0 Å². The monoisotopic (exact) mass is 409 g/mol. The number of allylic oxidation sites excluding steroid dienone is 1. The van der Waals surface area contributed by atoms with E-state index in [9.17, 15) is 4.79 Å². The minimum Gasteiger partial charge on any atom is -0.497 e. The van der Waals surface area contributed by atoms with Gasteiger partial charge in [-0.25, -0.2) is 9.97 Å². The standard InChI is InChI=1S/C25H35N3O2/c1-8-25(6,14-18(4)13-17(2)3)15-22-24(27-19(5)29)26-16-23(28-22)20-9-11-21(30-7)12-10-20/h9-12,16,18H,2,8,13-15H2,1,3-7H3,(H,26,27,29). The molecule has 0 radical (unpaired) electrons. The predicted molar refractivity (Wildman–Crippen MR) is 124 cm³/mol. The molecule has 162 valence electrons. The molecule has 0 aliphatic rings. The molecule has 5 heteroatoms. The average molecular weight is 410 g/mol. The van der Waals surface area contributed by atoms with Crippen LogP contribution in [-0.2, 0) is 11.2 Å². The summed E-state index contributed by atoms with van der Waals surface area (Å²) in [5.41, 5.74) is 3.84. The molecule has 1 aromatic heterocycles. The van der Waals surface area contributed by atoms with Crippen LogP contribution in [0.25, 0.3) is 11.3 Å². The third kappa shape index (κ3) is 6.68. The maximum atomic E-state index is 11.7. The topological polar surface area (TPSA) is 64.1 Å². The zero-order valence-electron chi connectivity index (χ0n) is 19.2. The lowest BCUT2D eigenvalue weighted by molar-refractivity contribution is -0.114. The molecule has 1 heterocycles. The molecule has 0 fully saturated rings. The van der Waals surface area contributed by atoms with Crippen molar-refractivity contribution in [2.24, 2.45) is 11.3 Å². The number of methoxy groups -OCH3 is 1. The van der Waals surface area contributed by atoms with E-state index in [4.69, 9.17) is 9.72 Å². The van der Waals surface area contributed by atoms with Crippen molar-refractivity contribution in [1.82, 2.24) is 9.97 Å². The molecular formula is C25H35N3O2. The number of carbonyl (C=O) groups excluding carboxylic acids is 1. The highest BCUT2D eigenvalue weighted by Crippen LogP contribution is 2.37.